The molecule has 1 aliphatic heterocycles. The van der Waals surface area contributed by atoms with Crippen molar-refractivity contribution in [1.82, 2.24) is 20.1 Å². The van der Waals surface area contributed by atoms with Gasteiger partial charge in [-0.2, -0.15) is 5.10 Å². The Hall–Kier alpha value is -2.50. The number of hydrogen-bond acceptors (Lipinski definition) is 5. The number of piperidine rings is 1. The lowest BCUT2D eigenvalue weighted by molar-refractivity contribution is 0.0525. The van der Waals surface area contributed by atoms with Crippen molar-refractivity contribution in [3.8, 4) is 5.88 Å². The molecule has 0 aliphatic carbocycles. The Bertz CT molecular complexity index is 630. The maximum Gasteiger partial charge on any atom is 0.255 e. The summed E-state index contributed by atoms with van der Waals surface area (Å²) < 4.78 is 5.84. The van der Waals surface area contributed by atoms with Crippen LogP contribution in [0.3, 0.4) is 0 Å². The average Bonchev–Trinajstić information content (AvgIpc) is 2.57. The van der Waals surface area contributed by atoms with Gasteiger partial charge in [0, 0.05) is 25.0 Å². The van der Waals surface area contributed by atoms with Crippen LogP contribution in [0.5, 0.6) is 5.88 Å². The van der Waals surface area contributed by atoms with Crippen molar-refractivity contribution < 1.29 is 9.53 Å². The van der Waals surface area contributed by atoms with Gasteiger partial charge in [0.05, 0.1) is 17.8 Å². The monoisotopic (exact) mass is 298 g/mol. The summed E-state index contributed by atoms with van der Waals surface area (Å²) in [5, 5.41) is 8.00. The minimum Gasteiger partial charge on any atom is -0.471 e. The lowest BCUT2D eigenvalue weighted by atomic mass is 10.1. The van der Waals surface area contributed by atoms with Crippen molar-refractivity contribution in [2.24, 2.45) is 0 Å². The Balaban J connectivity index is 1.64. The van der Waals surface area contributed by atoms with Crippen LogP contribution in [-0.2, 0) is 0 Å². The zero-order chi connectivity index (χ0) is 15.4. The molecule has 114 valence electrons. The van der Waals surface area contributed by atoms with Crippen molar-refractivity contribution >= 4 is 5.91 Å². The second kappa shape index (κ2) is 6.51. The van der Waals surface area contributed by atoms with Gasteiger partial charge in [-0.15, -0.1) is 5.10 Å². The van der Waals surface area contributed by atoms with Gasteiger partial charge in [0.2, 0.25) is 5.88 Å². The number of carbonyl (C=O) groups excluding carboxylic acids is 1. The molecule has 0 N–H and O–H groups in total. The van der Waals surface area contributed by atoms with Gasteiger partial charge in [0.1, 0.15) is 6.10 Å². The molecule has 1 aliphatic rings. The summed E-state index contributed by atoms with van der Waals surface area (Å²) in [6.45, 7) is 3.18. The molecule has 0 bridgehead atoms. The van der Waals surface area contributed by atoms with Crippen molar-refractivity contribution in [3.05, 3.63) is 47.9 Å². The Morgan fingerprint density at radius 1 is 1.32 bits per heavy atom. The molecular formula is C16H18N4O2. The summed E-state index contributed by atoms with van der Waals surface area (Å²) in [5.41, 5.74) is 1.46. The van der Waals surface area contributed by atoms with Gasteiger partial charge in [-0.25, -0.2) is 0 Å². The van der Waals surface area contributed by atoms with Crippen LogP contribution in [-0.4, -0.2) is 45.2 Å². The highest BCUT2D eigenvalue weighted by Crippen LogP contribution is 2.18. The van der Waals surface area contributed by atoms with Crippen LogP contribution in [0.25, 0.3) is 0 Å². The Labute approximate surface area is 129 Å². The van der Waals surface area contributed by atoms with Crippen molar-refractivity contribution in [3.63, 3.8) is 0 Å². The van der Waals surface area contributed by atoms with E-state index in [1.807, 2.05) is 24.0 Å². The highest BCUT2D eigenvalue weighted by atomic mass is 16.5. The van der Waals surface area contributed by atoms with E-state index in [0.29, 0.717) is 18.0 Å². The highest BCUT2D eigenvalue weighted by Gasteiger charge is 2.26. The average molecular weight is 298 g/mol. The van der Waals surface area contributed by atoms with Gasteiger partial charge in [0.25, 0.3) is 5.91 Å². The predicted molar refractivity (Wildman–Crippen MR) is 80.6 cm³/mol. The molecule has 1 saturated heterocycles. The number of rotatable bonds is 3. The third-order valence-electron chi connectivity index (χ3n) is 3.63. The van der Waals surface area contributed by atoms with Crippen LogP contribution in [0, 0.1) is 6.92 Å². The minimum atomic E-state index is -0.0497. The minimum absolute atomic E-state index is 0.00334. The van der Waals surface area contributed by atoms with E-state index in [0.717, 1.165) is 25.1 Å². The molecule has 0 aromatic carbocycles. The first kappa shape index (κ1) is 14.4. The number of aromatic nitrogens is 3. The van der Waals surface area contributed by atoms with E-state index in [2.05, 4.69) is 15.2 Å². The maximum absolute atomic E-state index is 12.4. The van der Waals surface area contributed by atoms with E-state index in [1.54, 1.807) is 24.5 Å². The predicted octanol–water partition coefficient (Wildman–Crippen LogP) is 1.86. The van der Waals surface area contributed by atoms with E-state index >= 15 is 0 Å². The van der Waals surface area contributed by atoms with Gasteiger partial charge >= 0.3 is 0 Å². The maximum atomic E-state index is 12.4. The molecule has 0 radical (unpaired) electrons. The number of ether oxygens (including phenoxy) is 1. The molecule has 1 unspecified atom stereocenters. The number of likely N-dealkylation sites (tertiary alicyclic amines) is 1. The largest absolute Gasteiger partial charge is 0.471 e. The van der Waals surface area contributed by atoms with Gasteiger partial charge in [-0.1, -0.05) is 0 Å². The summed E-state index contributed by atoms with van der Waals surface area (Å²) in [5.74, 6) is 0.502. The molecule has 0 saturated carbocycles. The Morgan fingerprint density at radius 3 is 2.95 bits per heavy atom. The van der Waals surface area contributed by atoms with Crippen LogP contribution in [0.4, 0.5) is 0 Å². The smallest absolute Gasteiger partial charge is 0.255 e. The SMILES string of the molecule is Cc1ccc(OC2CCCN(C(=O)c3cccnc3)C2)nn1. The molecule has 0 spiro atoms. The lowest BCUT2D eigenvalue weighted by Gasteiger charge is -2.32. The quantitative estimate of drug-likeness (QED) is 0.865. The third-order valence-corrected chi connectivity index (χ3v) is 3.63. The third kappa shape index (κ3) is 3.39. The van der Waals surface area contributed by atoms with Crippen molar-refractivity contribution in [1.29, 1.82) is 0 Å². The fraction of sp³-hybridized carbons (Fsp3) is 0.375. The molecule has 3 heterocycles. The number of aryl methyl sites for hydroxylation is 1. The molecule has 1 atom stereocenters. The second-order valence-corrected chi connectivity index (χ2v) is 5.39. The summed E-state index contributed by atoms with van der Waals surface area (Å²) in [6, 6.07) is 7.23. The molecule has 1 amide bonds. The normalized spacial score (nSPS) is 18.0. The zero-order valence-electron chi connectivity index (χ0n) is 12.5. The Morgan fingerprint density at radius 2 is 2.23 bits per heavy atom. The van der Waals surface area contributed by atoms with E-state index in [9.17, 15) is 4.79 Å². The first-order valence-electron chi connectivity index (χ1n) is 7.38. The van der Waals surface area contributed by atoms with Gasteiger partial charge in [-0.05, 0) is 38.0 Å². The summed E-state index contributed by atoms with van der Waals surface area (Å²) in [7, 11) is 0. The van der Waals surface area contributed by atoms with Crippen LogP contribution in [0.15, 0.2) is 36.7 Å². The molecular weight excluding hydrogens is 280 g/mol. The van der Waals surface area contributed by atoms with Crippen LogP contribution in [0.1, 0.15) is 28.9 Å². The molecule has 22 heavy (non-hydrogen) atoms. The van der Waals surface area contributed by atoms with E-state index in [1.165, 1.54) is 0 Å². The number of nitrogens with zero attached hydrogens (tertiary/aromatic N) is 4. The van der Waals surface area contributed by atoms with E-state index < -0.39 is 0 Å². The molecule has 2 aromatic rings. The summed E-state index contributed by atoms with van der Waals surface area (Å²) in [4.78, 5) is 18.3. The van der Waals surface area contributed by atoms with E-state index in [4.69, 9.17) is 4.74 Å². The lowest BCUT2D eigenvalue weighted by Crippen LogP contribution is -2.44. The molecule has 6 nitrogen and oxygen atoms in total. The van der Waals surface area contributed by atoms with Crippen LogP contribution < -0.4 is 4.74 Å². The Kier molecular flexibility index (Phi) is 4.27. The van der Waals surface area contributed by atoms with Gasteiger partial charge in [-0.3, -0.25) is 9.78 Å². The summed E-state index contributed by atoms with van der Waals surface area (Å²) >= 11 is 0. The van der Waals surface area contributed by atoms with Gasteiger partial charge in [0.15, 0.2) is 0 Å². The van der Waals surface area contributed by atoms with Crippen LogP contribution >= 0.6 is 0 Å². The van der Waals surface area contributed by atoms with Crippen LogP contribution in [0.2, 0.25) is 0 Å². The highest BCUT2D eigenvalue weighted by molar-refractivity contribution is 5.93. The number of pyridine rings is 1. The number of hydrogen-bond donors (Lipinski definition) is 0. The number of amides is 1. The standard InChI is InChI=1S/C16H18N4O2/c1-12-6-7-15(19-18-12)22-14-5-3-9-20(11-14)16(21)13-4-2-8-17-10-13/h2,4,6-8,10,14H,3,5,9,11H2,1H3. The first-order valence-corrected chi connectivity index (χ1v) is 7.38. The first-order chi connectivity index (χ1) is 10.7. The molecule has 3 rings (SSSR count). The molecule has 2 aromatic heterocycles. The van der Waals surface area contributed by atoms with Crippen molar-refractivity contribution in [2.45, 2.75) is 25.9 Å². The van der Waals surface area contributed by atoms with E-state index in [-0.39, 0.29) is 12.0 Å². The molecule has 1 fully saturated rings. The van der Waals surface area contributed by atoms with Crippen molar-refractivity contribution in [2.75, 3.05) is 13.1 Å². The second-order valence-electron chi connectivity index (χ2n) is 5.39. The topological polar surface area (TPSA) is 68.2 Å². The zero-order valence-corrected chi connectivity index (χ0v) is 12.5. The fourth-order valence-electron chi connectivity index (χ4n) is 2.51. The van der Waals surface area contributed by atoms with Gasteiger partial charge < -0.3 is 9.64 Å². The molecule has 6 heteroatoms. The number of carbonyl (C=O) groups is 1. The fourth-order valence-corrected chi connectivity index (χ4v) is 2.51. The summed E-state index contributed by atoms with van der Waals surface area (Å²) in [6.07, 6.45) is 5.03.